The number of nitrogens with zero attached hydrogens (tertiary/aromatic N) is 1. The molecule has 0 atom stereocenters. The summed E-state index contributed by atoms with van der Waals surface area (Å²) in [6.45, 7) is 0.965. The summed E-state index contributed by atoms with van der Waals surface area (Å²) in [4.78, 5) is 0. The standard InChI is InChI=1S/C12H11NO/c14-12-6-3-7-13-10-5-2-1-4-9(10)8-11(12)13/h1-2,4-6,8,14H,3,7H2. The number of allylic oxidation sites excluding steroid dienone is 1. The van der Waals surface area contributed by atoms with Crippen LogP contribution < -0.4 is 0 Å². The number of aryl methyl sites for hydroxylation is 1. The zero-order chi connectivity index (χ0) is 9.54. The average Bonchev–Trinajstić information content (AvgIpc) is 2.59. The Labute approximate surface area is 82.1 Å². The SMILES string of the molecule is OC1=CCCn2c1cc1ccccc12. The predicted molar refractivity (Wildman–Crippen MR) is 57.2 cm³/mol. The maximum atomic E-state index is 9.70. The molecular weight excluding hydrogens is 174 g/mol. The fourth-order valence-electron chi connectivity index (χ4n) is 2.10. The Hall–Kier alpha value is -1.70. The van der Waals surface area contributed by atoms with Gasteiger partial charge in [-0.1, -0.05) is 18.2 Å². The molecular formula is C12H11NO. The molecule has 0 fully saturated rings. The van der Waals surface area contributed by atoms with Crippen LogP contribution in [0.4, 0.5) is 0 Å². The summed E-state index contributed by atoms with van der Waals surface area (Å²) in [5, 5.41) is 10.9. The lowest BCUT2D eigenvalue weighted by atomic mass is 10.2. The van der Waals surface area contributed by atoms with E-state index in [1.54, 1.807) is 0 Å². The van der Waals surface area contributed by atoms with Crippen molar-refractivity contribution < 1.29 is 5.11 Å². The summed E-state index contributed by atoms with van der Waals surface area (Å²) in [5.41, 5.74) is 2.15. The molecule has 70 valence electrons. The molecule has 2 nitrogen and oxygen atoms in total. The van der Waals surface area contributed by atoms with E-state index in [0.717, 1.165) is 18.7 Å². The van der Waals surface area contributed by atoms with Crippen LogP contribution in [-0.4, -0.2) is 9.67 Å². The minimum Gasteiger partial charge on any atom is -0.506 e. The fraction of sp³-hybridized carbons (Fsp3) is 0.167. The second kappa shape index (κ2) is 2.64. The highest BCUT2D eigenvalue weighted by molar-refractivity contribution is 5.85. The van der Waals surface area contributed by atoms with Gasteiger partial charge in [-0.3, -0.25) is 0 Å². The molecule has 1 aliphatic rings. The molecule has 2 heterocycles. The number of hydrogen-bond acceptors (Lipinski definition) is 1. The lowest BCUT2D eigenvalue weighted by molar-refractivity contribution is 0.489. The third kappa shape index (κ3) is 0.909. The summed E-state index contributed by atoms with van der Waals surface area (Å²) in [7, 11) is 0. The summed E-state index contributed by atoms with van der Waals surface area (Å²) in [6, 6.07) is 10.3. The molecule has 2 heteroatoms. The Morgan fingerprint density at radius 2 is 2.07 bits per heavy atom. The summed E-state index contributed by atoms with van der Waals surface area (Å²) >= 11 is 0. The Morgan fingerprint density at radius 3 is 3.00 bits per heavy atom. The van der Waals surface area contributed by atoms with Gasteiger partial charge >= 0.3 is 0 Å². The highest BCUT2D eigenvalue weighted by Gasteiger charge is 2.14. The van der Waals surface area contributed by atoms with Gasteiger partial charge in [0.1, 0.15) is 5.76 Å². The number of aliphatic hydroxyl groups excluding tert-OH is 1. The molecule has 0 spiro atoms. The Kier molecular flexibility index (Phi) is 1.45. The first-order chi connectivity index (χ1) is 6.86. The second-order valence-corrected chi connectivity index (χ2v) is 3.62. The van der Waals surface area contributed by atoms with Crippen LogP contribution in [0.25, 0.3) is 16.7 Å². The van der Waals surface area contributed by atoms with E-state index < -0.39 is 0 Å². The van der Waals surface area contributed by atoms with E-state index in [9.17, 15) is 5.11 Å². The molecule has 14 heavy (non-hydrogen) atoms. The first-order valence-electron chi connectivity index (χ1n) is 4.84. The number of benzene rings is 1. The van der Waals surface area contributed by atoms with Gasteiger partial charge in [-0.2, -0.15) is 0 Å². The van der Waals surface area contributed by atoms with Crippen molar-refractivity contribution >= 4 is 16.7 Å². The van der Waals surface area contributed by atoms with Crippen LogP contribution in [-0.2, 0) is 6.54 Å². The molecule has 1 aliphatic heterocycles. The molecule has 1 aromatic carbocycles. The Bertz CT molecular complexity index is 522. The minimum absolute atomic E-state index is 0.410. The zero-order valence-electron chi connectivity index (χ0n) is 7.77. The van der Waals surface area contributed by atoms with E-state index in [4.69, 9.17) is 0 Å². The first-order valence-corrected chi connectivity index (χ1v) is 4.84. The molecule has 0 amide bonds. The van der Waals surface area contributed by atoms with E-state index in [-0.39, 0.29) is 0 Å². The monoisotopic (exact) mass is 185 g/mol. The highest BCUT2D eigenvalue weighted by Crippen LogP contribution is 2.27. The number of aromatic nitrogens is 1. The largest absolute Gasteiger partial charge is 0.506 e. The summed E-state index contributed by atoms with van der Waals surface area (Å²) in [6.07, 6.45) is 2.80. The zero-order valence-corrected chi connectivity index (χ0v) is 7.77. The van der Waals surface area contributed by atoms with E-state index in [2.05, 4.69) is 16.7 Å². The predicted octanol–water partition coefficient (Wildman–Crippen LogP) is 2.94. The van der Waals surface area contributed by atoms with E-state index >= 15 is 0 Å². The van der Waals surface area contributed by atoms with Crippen LogP contribution in [0.3, 0.4) is 0 Å². The van der Waals surface area contributed by atoms with Crippen LogP contribution >= 0.6 is 0 Å². The van der Waals surface area contributed by atoms with Crippen molar-refractivity contribution in [2.24, 2.45) is 0 Å². The minimum atomic E-state index is 0.410. The molecule has 1 aromatic heterocycles. The molecule has 0 bridgehead atoms. The lowest BCUT2D eigenvalue weighted by Gasteiger charge is -2.13. The van der Waals surface area contributed by atoms with Gasteiger partial charge in [0.2, 0.25) is 0 Å². The van der Waals surface area contributed by atoms with Gasteiger partial charge in [-0.05, 0) is 24.6 Å². The molecule has 0 unspecified atom stereocenters. The third-order valence-electron chi connectivity index (χ3n) is 2.76. The van der Waals surface area contributed by atoms with Gasteiger partial charge in [0, 0.05) is 17.4 Å². The molecule has 0 aliphatic carbocycles. The van der Waals surface area contributed by atoms with Crippen LogP contribution in [0, 0.1) is 0 Å². The third-order valence-corrected chi connectivity index (χ3v) is 2.76. The highest BCUT2D eigenvalue weighted by atomic mass is 16.3. The number of hydrogen-bond donors (Lipinski definition) is 1. The van der Waals surface area contributed by atoms with E-state index in [0.29, 0.717) is 5.76 Å². The van der Waals surface area contributed by atoms with Crippen LogP contribution in [0.15, 0.2) is 36.4 Å². The van der Waals surface area contributed by atoms with Crippen molar-refractivity contribution in [3.05, 3.63) is 42.1 Å². The van der Waals surface area contributed by atoms with Gasteiger partial charge < -0.3 is 9.67 Å². The summed E-state index contributed by atoms with van der Waals surface area (Å²) in [5.74, 6) is 0.410. The maximum absolute atomic E-state index is 9.70. The number of para-hydroxylation sites is 1. The van der Waals surface area contributed by atoms with Crippen LogP contribution in [0.1, 0.15) is 12.1 Å². The van der Waals surface area contributed by atoms with Crippen molar-refractivity contribution in [3.8, 4) is 0 Å². The quantitative estimate of drug-likeness (QED) is 0.670. The van der Waals surface area contributed by atoms with E-state index in [1.165, 1.54) is 10.9 Å². The lowest BCUT2D eigenvalue weighted by Crippen LogP contribution is -2.06. The number of aliphatic hydroxyl groups is 1. The van der Waals surface area contributed by atoms with Crippen molar-refractivity contribution in [1.29, 1.82) is 0 Å². The molecule has 0 radical (unpaired) electrons. The normalized spacial score (nSPS) is 15.3. The van der Waals surface area contributed by atoms with Crippen molar-refractivity contribution in [1.82, 2.24) is 4.57 Å². The maximum Gasteiger partial charge on any atom is 0.135 e. The van der Waals surface area contributed by atoms with Gasteiger partial charge in [-0.25, -0.2) is 0 Å². The van der Waals surface area contributed by atoms with Crippen LogP contribution in [0.2, 0.25) is 0 Å². The Balaban J connectivity index is 2.40. The number of fused-ring (bicyclic) bond motifs is 3. The van der Waals surface area contributed by atoms with Gasteiger partial charge in [0.05, 0.1) is 5.69 Å². The topological polar surface area (TPSA) is 25.2 Å². The van der Waals surface area contributed by atoms with Gasteiger partial charge in [-0.15, -0.1) is 0 Å². The second-order valence-electron chi connectivity index (χ2n) is 3.62. The van der Waals surface area contributed by atoms with Crippen molar-refractivity contribution in [3.63, 3.8) is 0 Å². The smallest absolute Gasteiger partial charge is 0.135 e. The molecule has 1 N–H and O–H groups in total. The van der Waals surface area contributed by atoms with Crippen molar-refractivity contribution in [2.75, 3.05) is 0 Å². The molecule has 0 saturated carbocycles. The fourth-order valence-corrected chi connectivity index (χ4v) is 2.10. The van der Waals surface area contributed by atoms with Gasteiger partial charge in [0.25, 0.3) is 0 Å². The Morgan fingerprint density at radius 1 is 1.21 bits per heavy atom. The first kappa shape index (κ1) is 7.68. The number of rotatable bonds is 0. The van der Waals surface area contributed by atoms with Crippen LogP contribution in [0.5, 0.6) is 0 Å². The van der Waals surface area contributed by atoms with Gasteiger partial charge in [0.15, 0.2) is 0 Å². The summed E-state index contributed by atoms with van der Waals surface area (Å²) < 4.78 is 2.17. The molecule has 2 aromatic rings. The molecule has 3 rings (SSSR count). The van der Waals surface area contributed by atoms with Crippen molar-refractivity contribution in [2.45, 2.75) is 13.0 Å². The molecule has 0 saturated heterocycles. The van der Waals surface area contributed by atoms with E-state index in [1.807, 2.05) is 24.3 Å². The average molecular weight is 185 g/mol.